The second kappa shape index (κ2) is 5.61. The molecule has 0 radical (unpaired) electrons. The average molecular weight is 288 g/mol. The molecule has 2 aliphatic rings. The minimum Gasteiger partial charge on any atom is -0.0991 e. The maximum absolute atomic E-state index is 3.84. The van der Waals surface area contributed by atoms with Crippen LogP contribution in [0.25, 0.3) is 5.57 Å². The van der Waals surface area contributed by atoms with Crippen molar-refractivity contribution in [2.24, 2.45) is 0 Å². The van der Waals surface area contributed by atoms with Gasteiger partial charge in [-0.25, -0.2) is 0 Å². The van der Waals surface area contributed by atoms with Gasteiger partial charge in [-0.1, -0.05) is 66.8 Å². The summed E-state index contributed by atoms with van der Waals surface area (Å²) in [5.41, 5.74) is 8.74. The molecule has 0 N–H and O–H groups in total. The molecule has 0 nitrogen and oxygen atoms in total. The Labute approximate surface area is 134 Å². The van der Waals surface area contributed by atoms with Gasteiger partial charge in [0, 0.05) is 5.41 Å². The first-order valence-electron chi connectivity index (χ1n) is 8.13. The maximum Gasteiger partial charge on any atom is 0.0462 e. The van der Waals surface area contributed by atoms with Gasteiger partial charge in [-0.3, -0.25) is 0 Å². The van der Waals surface area contributed by atoms with E-state index >= 15 is 0 Å². The Morgan fingerprint density at radius 3 is 2.59 bits per heavy atom. The molecular formula is C22H24. The number of allylic oxidation sites excluding steroid dienone is 9. The molecule has 3 rings (SSSR count). The number of fused-ring (bicyclic) bond motifs is 2. The quantitative estimate of drug-likeness (QED) is 0.573. The minimum absolute atomic E-state index is 0.0385. The summed E-state index contributed by atoms with van der Waals surface area (Å²) >= 11 is 0. The third-order valence-corrected chi connectivity index (χ3v) is 5.20. The Kier molecular flexibility index (Phi) is 3.78. The van der Waals surface area contributed by atoms with Crippen LogP contribution in [-0.2, 0) is 5.41 Å². The lowest BCUT2D eigenvalue weighted by atomic mass is 9.72. The summed E-state index contributed by atoms with van der Waals surface area (Å²) in [5, 5.41) is 0. The Morgan fingerprint density at radius 2 is 1.91 bits per heavy atom. The molecule has 1 aromatic rings. The zero-order valence-corrected chi connectivity index (χ0v) is 13.8. The highest BCUT2D eigenvalue weighted by molar-refractivity contribution is 5.92. The highest BCUT2D eigenvalue weighted by Gasteiger charge is 2.49. The van der Waals surface area contributed by atoms with Crippen LogP contribution in [0.4, 0.5) is 0 Å². The molecule has 1 atom stereocenters. The SMILES string of the molecule is C=C/C=C\C1=C(C)CCC12C(=C/C)/C(=C\C)c1ccccc12. The molecule has 0 fully saturated rings. The third-order valence-electron chi connectivity index (χ3n) is 5.20. The normalized spacial score (nSPS) is 27.6. The van der Waals surface area contributed by atoms with Crippen LogP contribution in [-0.4, -0.2) is 0 Å². The van der Waals surface area contributed by atoms with Gasteiger partial charge in [0.2, 0.25) is 0 Å². The van der Waals surface area contributed by atoms with Crippen LogP contribution in [0, 0.1) is 0 Å². The summed E-state index contributed by atoms with van der Waals surface area (Å²) < 4.78 is 0. The van der Waals surface area contributed by atoms with E-state index in [0.29, 0.717) is 0 Å². The Balaban J connectivity index is 2.34. The molecule has 0 heteroatoms. The topological polar surface area (TPSA) is 0 Å². The molecule has 1 aromatic carbocycles. The van der Waals surface area contributed by atoms with E-state index in [4.69, 9.17) is 0 Å². The molecule has 0 saturated heterocycles. The first-order chi connectivity index (χ1) is 10.7. The molecule has 0 heterocycles. The average Bonchev–Trinajstić information content (AvgIpc) is 3.02. The Hall–Kier alpha value is -2.08. The van der Waals surface area contributed by atoms with E-state index in [1.807, 2.05) is 6.08 Å². The van der Waals surface area contributed by atoms with Crippen molar-refractivity contribution in [3.8, 4) is 0 Å². The Morgan fingerprint density at radius 1 is 1.14 bits per heavy atom. The molecule has 0 aliphatic heterocycles. The lowest BCUT2D eigenvalue weighted by Gasteiger charge is -2.30. The molecule has 0 aromatic heterocycles. The predicted octanol–water partition coefficient (Wildman–Crippen LogP) is 6.14. The van der Waals surface area contributed by atoms with Crippen LogP contribution in [0.1, 0.15) is 44.7 Å². The van der Waals surface area contributed by atoms with Gasteiger partial charge in [-0.2, -0.15) is 0 Å². The predicted molar refractivity (Wildman–Crippen MR) is 96.8 cm³/mol. The van der Waals surface area contributed by atoms with Crippen molar-refractivity contribution < 1.29 is 0 Å². The van der Waals surface area contributed by atoms with Crippen LogP contribution in [0.2, 0.25) is 0 Å². The molecule has 1 unspecified atom stereocenters. The molecule has 22 heavy (non-hydrogen) atoms. The monoisotopic (exact) mass is 288 g/mol. The van der Waals surface area contributed by atoms with Crippen LogP contribution >= 0.6 is 0 Å². The van der Waals surface area contributed by atoms with E-state index < -0.39 is 0 Å². The van der Waals surface area contributed by atoms with Crippen LogP contribution in [0.5, 0.6) is 0 Å². The standard InChI is InChI=1S/C22H24/c1-5-8-12-20-16(4)14-15-22(20)19(7-3)17(6-2)18-11-9-10-13-21(18)22/h5-13H,1,14-15H2,2-4H3/b12-8-,17-6-,19-7+. The number of hydrogen-bond donors (Lipinski definition) is 0. The first-order valence-corrected chi connectivity index (χ1v) is 8.13. The van der Waals surface area contributed by atoms with E-state index in [-0.39, 0.29) is 5.41 Å². The van der Waals surface area contributed by atoms with E-state index in [9.17, 15) is 0 Å². The molecule has 0 saturated carbocycles. The van der Waals surface area contributed by atoms with Gasteiger partial charge in [-0.05, 0) is 61.5 Å². The van der Waals surface area contributed by atoms with Gasteiger partial charge in [0.1, 0.15) is 0 Å². The smallest absolute Gasteiger partial charge is 0.0462 e. The Bertz CT molecular complexity index is 737. The summed E-state index contributed by atoms with van der Waals surface area (Å²) in [4.78, 5) is 0. The van der Waals surface area contributed by atoms with E-state index in [1.165, 1.54) is 46.3 Å². The summed E-state index contributed by atoms with van der Waals surface area (Å²) in [5.74, 6) is 0. The van der Waals surface area contributed by atoms with Crippen molar-refractivity contribution in [3.05, 3.63) is 89.1 Å². The van der Waals surface area contributed by atoms with Crippen molar-refractivity contribution in [3.63, 3.8) is 0 Å². The van der Waals surface area contributed by atoms with Gasteiger partial charge < -0.3 is 0 Å². The van der Waals surface area contributed by atoms with E-state index in [2.05, 4.69) is 75.9 Å². The fourth-order valence-electron chi connectivity index (χ4n) is 4.34. The van der Waals surface area contributed by atoms with Crippen molar-refractivity contribution in [1.29, 1.82) is 0 Å². The summed E-state index contributed by atoms with van der Waals surface area (Å²) in [6, 6.07) is 8.91. The van der Waals surface area contributed by atoms with Gasteiger partial charge in [0.05, 0.1) is 0 Å². The largest absolute Gasteiger partial charge is 0.0991 e. The number of hydrogen-bond acceptors (Lipinski definition) is 0. The highest BCUT2D eigenvalue weighted by atomic mass is 14.5. The van der Waals surface area contributed by atoms with Crippen LogP contribution in [0.15, 0.2) is 77.9 Å². The van der Waals surface area contributed by atoms with Crippen LogP contribution < -0.4 is 0 Å². The number of rotatable bonds is 2. The molecule has 0 amide bonds. The van der Waals surface area contributed by atoms with Gasteiger partial charge >= 0.3 is 0 Å². The highest BCUT2D eigenvalue weighted by Crippen LogP contribution is 2.60. The summed E-state index contributed by atoms with van der Waals surface area (Å²) in [6.07, 6.45) is 13.1. The third kappa shape index (κ3) is 1.83. The lowest BCUT2D eigenvalue weighted by Crippen LogP contribution is -2.24. The zero-order chi connectivity index (χ0) is 15.7. The van der Waals surface area contributed by atoms with E-state index in [0.717, 1.165) is 0 Å². The second-order valence-electron chi connectivity index (χ2n) is 6.14. The van der Waals surface area contributed by atoms with Gasteiger partial charge in [0.15, 0.2) is 0 Å². The van der Waals surface area contributed by atoms with Crippen LogP contribution in [0.3, 0.4) is 0 Å². The molecule has 0 bridgehead atoms. The molecule has 112 valence electrons. The minimum atomic E-state index is 0.0385. The molecule has 2 aliphatic carbocycles. The fraction of sp³-hybridized carbons (Fsp3) is 0.273. The van der Waals surface area contributed by atoms with Gasteiger partial charge in [-0.15, -0.1) is 0 Å². The van der Waals surface area contributed by atoms with Crippen molar-refractivity contribution in [2.75, 3.05) is 0 Å². The maximum atomic E-state index is 3.84. The van der Waals surface area contributed by atoms with Crippen molar-refractivity contribution in [1.82, 2.24) is 0 Å². The summed E-state index contributed by atoms with van der Waals surface area (Å²) in [6.45, 7) is 10.4. The molecular weight excluding hydrogens is 264 g/mol. The second-order valence-corrected chi connectivity index (χ2v) is 6.14. The zero-order valence-electron chi connectivity index (χ0n) is 13.8. The molecule has 1 spiro atoms. The summed E-state index contributed by atoms with van der Waals surface area (Å²) in [7, 11) is 0. The number of benzene rings is 1. The van der Waals surface area contributed by atoms with Crippen molar-refractivity contribution in [2.45, 2.75) is 39.0 Å². The lowest BCUT2D eigenvalue weighted by molar-refractivity contribution is 0.618. The fourth-order valence-corrected chi connectivity index (χ4v) is 4.34. The van der Waals surface area contributed by atoms with E-state index in [1.54, 1.807) is 0 Å². The first kappa shape index (κ1) is 14.8. The van der Waals surface area contributed by atoms with Crippen molar-refractivity contribution >= 4 is 5.57 Å². The van der Waals surface area contributed by atoms with Gasteiger partial charge in [0.25, 0.3) is 0 Å².